The van der Waals surface area contributed by atoms with Gasteiger partial charge < -0.3 is 14.3 Å². The summed E-state index contributed by atoms with van der Waals surface area (Å²) in [6, 6.07) is 11.4. The predicted molar refractivity (Wildman–Crippen MR) is 91.3 cm³/mol. The summed E-state index contributed by atoms with van der Waals surface area (Å²) in [5.74, 6) is 1.62. The molecule has 7 heteroatoms. The van der Waals surface area contributed by atoms with Gasteiger partial charge >= 0.3 is 0 Å². The number of nitrogens with zero attached hydrogens (tertiary/aromatic N) is 2. The van der Waals surface area contributed by atoms with E-state index in [1.165, 1.54) is 0 Å². The molecule has 2 heterocycles. The predicted octanol–water partition coefficient (Wildman–Crippen LogP) is 3.18. The maximum Gasteiger partial charge on any atom is 0.227 e. The number of carbonyl (C=O) groups is 1. The Morgan fingerprint density at radius 3 is 2.78 bits per heavy atom. The standard InChI is InChI=1S/C16H14IN3O3/c17-12-5-3-11(4-6-12)16-19-15(23-20-16)8-7-14(21)18-10-13-2-1-9-22-13/h1-6,9H,7-8,10H2,(H,18,21). The van der Waals surface area contributed by atoms with Crippen molar-refractivity contribution in [2.24, 2.45) is 0 Å². The molecule has 0 saturated heterocycles. The van der Waals surface area contributed by atoms with Gasteiger partial charge in [0.25, 0.3) is 0 Å². The van der Waals surface area contributed by atoms with Gasteiger partial charge in [0.15, 0.2) is 0 Å². The van der Waals surface area contributed by atoms with Gasteiger partial charge in [-0.15, -0.1) is 0 Å². The Kier molecular flexibility index (Phi) is 5.06. The maximum atomic E-state index is 11.8. The van der Waals surface area contributed by atoms with Gasteiger partial charge in [0.1, 0.15) is 5.76 Å². The molecule has 3 rings (SSSR count). The van der Waals surface area contributed by atoms with Gasteiger partial charge in [0.05, 0.1) is 12.8 Å². The highest BCUT2D eigenvalue weighted by atomic mass is 127. The molecule has 0 aliphatic carbocycles. The Morgan fingerprint density at radius 2 is 2.04 bits per heavy atom. The number of halogens is 1. The molecule has 23 heavy (non-hydrogen) atoms. The first-order chi connectivity index (χ1) is 11.2. The highest BCUT2D eigenvalue weighted by Crippen LogP contribution is 2.17. The third-order valence-electron chi connectivity index (χ3n) is 3.18. The summed E-state index contributed by atoms with van der Waals surface area (Å²) in [6.45, 7) is 0.379. The smallest absolute Gasteiger partial charge is 0.227 e. The summed E-state index contributed by atoms with van der Waals surface area (Å²) in [6.07, 6.45) is 2.27. The molecule has 0 spiro atoms. The summed E-state index contributed by atoms with van der Waals surface area (Å²) in [7, 11) is 0. The van der Waals surface area contributed by atoms with Crippen LogP contribution in [0.3, 0.4) is 0 Å². The van der Waals surface area contributed by atoms with Gasteiger partial charge in [-0.3, -0.25) is 4.79 Å². The Labute approximate surface area is 146 Å². The van der Waals surface area contributed by atoms with Crippen LogP contribution in [-0.2, 0) is 17.8 Å². The molecule has 0 aliphatic heterocycles. The van der Waals surface area contributed by atoms with Crippen LogP contribution in [0.1, 0.15) is 18.1 Å². The van der Waals surface area contributed by atoms with Crippen molar-refractivity contribution in [3.63, 3.8) is 0 Å². The topological polar surface area (TPSA) is 81.2 Å². The zero-order chi connectivity index (χ0) is 16.1. The summed E-state index contributed by atoms with van der Waals surface area (Å²) < 4.78 is 11.5. The van der Waals surface area contributed by atoms with E-state index in [9.17, 15) is 4.79 Å². The maximum absolute atomic E-state index is 11.8. The second kappa shape index (κ2) is 7.40. The second-order valence-corrected chi connectivity index (χ2v) is 6.12. The largest absolute Gasteiger partial charge is 0.467 e. The normalized spacial score (nSPS) is 10.7. The molecule has 0 radical (unpaired) electrons. The first-order valence-electron chi connectivity index (χ1n) is 7.08. The van der Waals surface area contributed by atoms with E-state index in [0.29, 0.717) is 24.7 Å². The van der Waals surface area contributed by atoms with Gasteiger partial charge in [-0.1, -0.05) is 17.3 Å². The molecule has 6 nitrogen and oxygen atoms in total. The summed E-state index contributed by atoms with van der Waals surface area (Å²) in [5.41, 5.74) is 0.891. The SMILES string of the molecule is O=C(CCc1nc(-c2ccc(I)cc2)no1)NCc1ccco1. The molecular weight excluding hydrogens is 409 g/mol. The van der Waals surface area contributed by atoms with Crippen LogP contribution in [0.4, 0.5) is 0 Å². The first-order valence-corrected chi connectivity index (χ1v) is 8.16. The van der Waals surface area contributed by atoms with Crippen molar-refractivity contribution < 1.29 is 13.7 Å². The van der Waals surface area contributed by atoms with E-state index in [4.69, 9.17) is 8.94 Å². The Morgan fingerprint density at radius 1 is 1.22 bits per heavy atom. The molecular formula is C16H14IN3O3. The van der Waals surface area contributed by atoms with E-state index in [1.54, 1.807) is 12.3 Å². The molecule has 1 N–H and O–H groups in total. The van der Waals surface area contributed by atoms with Crippen LogP contribution in [-0.4, -0.2) is 16.0 Å². The molecule has 0 bridgehead atoms. The van der Waals surface area contributed by atoms with E-state index in [-0.39, 0.29) is 12.3 Å². The van der Waals surface area contributed by atoms with Crippen molar-refractivity contribution in [3.05, 3.63) is 57.9 Å². The quantitative estimate of drug-likeness (QED) is 0.616. The minimum Gasteiger partial charge on any atom is -0.467 e. The number of rotatable bonds is 6. The van der Waals surface area contributed by atoms with Crippen molar-refractivity contribution in [2.75, 3.05) is 0 Å². The number of hydrogen-bond acceptors (Lipinski definition) is 5. The minimum atomic E-state index is -0.0876. The monoisotopic (exact) mass is 423 g/mol. The van der Waals surface area contributed by atoms with Crippen molar-refractivity contribution in [2.45, 2.75) is 19.4 Å². The van der Waals surface area contributed by atoms with Gasteiger partial charge in [-0.05, 0) is 46.9 Å². The van der Waals surface area contributed by atoms with Crippen LogP contribution in [0.5, 0.6) is 0 Å². The molecule has 1 amide bonds. The molecule has 0 unspecified atom stereocenters. The molecule has 118 valence electrons. The van der Waals surface area contributed by atoms with Crippen LogP contribution in [0.2, 0.25) is 0 Å². The zero-order valence-corrected chi connectivity index (χ0v) is 14.3. The van der Waals surface area contributed by atoms with E-state index < -0.39 is 0 Å². The number of benzene rings is 1. The molecule has 0 aliphatic rings. The van der Waals surface area contributed by atoms with E-state index in [1.807, 2.05) is 30.3 Å². The van der Waals surface area contributed by atoms with Crippen molar-refractivity contribution >= 4 is 28.5 Å². The van der Waals surface area contributed by atoms with Gasteiger partial charge in [0, 0.05) is 22.0 Å². The van der Waals surface area contributed by atoms with Gasteiger partial charge in [0.2, 0.25) is 17.6 Å². The molecule has 1 aromatic carbocycles. The second-order valence-electron chi connectivity index (χ2n) is 4.87. The molecule has 0 atom stereocenters. The fraction of sp³-hybridized carbons (Fsp3) is 0.188. The van der Waals surface area contributed by atoms with Crippen molar-refractivity contribution in [3.8, 4) is 11.4 Å². The highest BCUT2D eigenvalue weighted by Gasteiger charge is 2.11. The number of carbonyl (C=O) groups excluding carboxylic acids is 1. The third kappa shape index (κ3) is 4.41. The fourth-order valence-electron chi connectivity index (χ4n) is 1.98. The highest BCUT2D eigenvalue weighted by molar-refractivity contribution is 14.1. The molecule has 0 fully saturated rings. The van der Waals surface area contributed by atoms with Gasteiger partial charge in [-0.25, -0.2) is 0 Å². The van der Waals surface area contributed by atoms with Crippen LogP contribution in [0, 0.1) is 3.57 Å². The zero-order valence-electron chi connectivity index (χ0n) is 12.2. The van der Waals surface area contributed by atoms with Crippen LogP contribution in [0.25, 0.3) is 11.4 Å². The van der Waals surface area contributed by atoms with Crippen LogP contribution >= 0.6 is 22.6 Å². The lowest BCUT2D eigenvalue weighted by Crippen LogP contribution is -2.22. The Balaban J connectivity index is 1.50. The van der Waals surface area contributed by atoms with Gasteiger partial charge in [-0.2, -0.15) is 4.98 Å². The number of amides is 1. The number of hydrogen-bond donors (Lipinski definition) is 1. The third-order valence-corrected chi connectivity index (χ3v) is 3.90. The van der Waals surface area contributed by atoms with Crippen molar-refractivity contribution in [1.29, 1.82) is 0 Å². The van der Waals surface area contributed by atoms with Crippen LogP contribution < -0.4 is 5.32 Å². The summed E-state index contributed by atoms with van der Waals surface area (Å²) in [5, 5.41) is 6.72. The number of aromatic nitrogens is 2. The molecule has 2 aromatic heterocycles. The van der Waals surface area contributed by atoms with E-state index in [0.717, 1.165) is 14.9 Å². The van der Waals surface area contributed by atoms with Crippen molar-refractivity contribution in [1.82, 2.24) is 15.5 Å². The summed E-state index contributed by atoms with van der Waals surface area (Å²) in [4.78, 5) is 16.1. The summed E-state index contributed by atoms with van der Waals surface area (Å²) >= 11 is 2.24. The number of aryl methyl sites for hydroxylation is 1. The number of nitrogens with one attached hydrogen (secondary N) is 1. The molecule has 0 saturated carbocycles. The fourth-order valence-corrected chi connectivity index (χ4v) is 2.34. The lowest BCUT2D eigenvalue weighted by atomic mass is 10.2. The van der Waals surface area contributed by atoms with E-state index >= 15 is 0 Å². The average Bonchev–Trinajstić information content (AvgIpc) is 3.23. The Hall–Kier alpha value is -2.16. The Bertz CT molecular complexity index is 766. The lowest BCUT2D eigenvalue weighted by Gasteiger charge is -2.01. The first kappa shape index (κ1) is 15.7. The number of furan rings is 1. The average molecular weight is 423 g/mol. The lowest BCUT2D eigenvalue weighted by molar-refractivity contribution is -0.121. The minimum absolute atomic E-state index is 0.0876. The van der Waals surface area contributed by atoms with Crippen LogP contribution in [0.15, 0.2) is 51.6 Å². The van der Waals surface area contributed by atoms with E-state index in [2.05, 4.69) is 38.0 Å². The molecule has 3 aromatic rings.